The fourth-order valence-corrected chi connectivity index (χ4v) is 7.63. The molecule has 9 heteroatoms. The summed E-state index contributed by atoms with van der Waals surface area (Å²) in [6.45, 7) is 3.74. The lowest BCUT2D eigenvalue weighted by atomic mass is 9.96. The van der Waals surface area contributed by atoms with E-state index >= 15 is 0 Å². The molecule has 5 heterocycles. The average molecular weight is 584 g/mol. The Morgan fingerprint density at radius 3 is 1.91 bits per heavy atom. The summed E-state index contributed by atoms with van der Waals surface area (Å²) in [5, 5.41) is 6.01. The van der Waals surface area contributed by atoms with Gasteiger partial charge >= 0.3 is 6.09 Å². The number of nitrogens with zero attached hydrogens (tertiary/aromatic N) is 4. The van der Waals surface area contributed by atoms with Gasteiger partial charge in [-0.25, -0.2) is 4.79 Å². The Labute approximate surface area is 252 Å². The fraction of sp³-hybridized carbons (Fsp3) is 0.229. The predicted octanol–water partition coefficient (Wildman–Crippen LogP) is 5.52. The third-order valence-electron chi connectivity index (χ3n) is 9.58. The number of fused-ring (bicyclic) bond motifs is 9. The van der Waals surface area contributed by atoms with Crippen molar-refractivity contribution < 1.29 is 19.1 Å². The van der Waals surface area contributed by atoms with Crippen molar-refractivity contribution in [1.82, 2.24) is 19.4 Å². The molecule has 3 aliphatic heterocycles. The zero-order valence-corrected chi connectivity index (χ0v) is 24.0. The van der Waals surface area contributed by atoms with E-state index in [1.807, 2.05) is 65.6 Å². The van der Waals surface area contributed by atoms with E-state index in [1.165, 1.54) is 0 Å². The predicted molar refractivity (Wildman–Crippen MR) is 169 cm³/mol. The van der Waals surface area contributed by atoms with E-state index < -0.39 is 0 Å². The molecule has 218 valence electrons. The molecule has 2 aromatic heterocycles. The van der Waals surface area contributed by atoms with Gasteiger partial charge in [-0.1, -0.05) is 54.6 Å². The van der Waals surface area contributed by atoms with E-state index in [4.69, 9.17) is 4.74 Å². The Balaban J connectivity index is 1.15. The number of nitrogens with one attached hydrogen (secondary N) is 1. The largest absolute Gasteiger partial charge is 0.444 e. The number of anilines is 1. The first-order valence-corrected chi connectivity index (χ1v) is 15.2. The van der Waals surface area contributed by atoms with Crippen LogP contribution in [-0.2, 0) is 17.8 Å². The maximum atomic E-state index is 13.6. The number of carbonyl (C=O) groups is 3. The van der Waals surface area contributed by atoms with Crippen LogP contribution in [0.3, 0.4) is 0 Å². The standard InChI is InChI=1S/C35H29N5O4/c41-33-29-27-23-10-4-6-12-25(23)39-15-14-22(44-35(43)38-18-16-37(17-19-38)21-8-2-1-3-9-21)20-40-26-13-7-5-11-24(26)28(32(40)31(27)39)30(29)34(42)36-33/h1-13,22H,14-20H2,(H,36,41,42). The number of hydrogen-bond acceptors (Lipinski definition) is 5. The number of piperazine rings is 1. The highest BCUT2D eigenvalue weighted by molar-refractivity contribution is 6.39. The van der Waals surface area contributed by atoms with Crippen molar-refractivity contribution in [1.29, 1.82) is 0 Å². The van der Waals surface area contributed by atoms with Gasteiger partial charge in [0.1, 0.15) is 6.10 Å². The number of aryl methyl sites for hydroxylation is 1. The van der Waals surface area contributed by atoms with Crippen LogP contribution in [0.15, 0.2) is 78.9 Å². The summed E-state index contributed by atoms with van der Waals surface area (Å²) in [5.74, 6) is -0.723. The maximum absolute atomic E-state index is 13.6. The molecule has 4 aromatic carbocycles. The monoisotopic (exact) mass is 583 g/mol. The molecular weight excluding hydrogens is 554 g/mol. The van der Waals surface area contributed by atoms with E-state index in [0.29, 0.717) is 43.7 Å². The van der Waals surface area contributed by atoms with Crippen molar-refractivity contribution in [2.45, 2.75) is 25.6 Å². The Hall–Kier alpha value is -5.31. The van der Waals surface area contributed by atoms with Crippen LogP contribution in [0.2, 0.25) is 0 Å². The Morgan fingerprint density at radius 1 is 0.682 bits per heavy atom. The van der Waals surface area contributed by atoms with Crippen LogP contribution in [0.4, 0.5) is 10.5 Å². The summed E-state index contributed by atoms with van der Waals surface area (Å²) in [6.07, 6.45) is -0.0709. The van der Waals surface area contributed by atoms with Gasteiger partial charge in [0.25, 0.3) is 11.8 Å². The third kappa shape index (κ3) is 3.49. The highest BCUT2D eigenvalue weighted by atomic mass is 16.6. The van der Waals surface area contributed by atoms with E-state index in [9.17, 15) is 14.4 Å². The average Bonchev–Trinajstić information content (AvgIpc) is 3.65. The van der Waals surface area contributed by atoms with Gasteiger partial charge in [-0.3, -0.25) is 14.9 Å². The number of amides is 3. The minimum Gasteiger partial charge on any atom is -0.444 e. The summed E-state index contributed by atoms with van der Waals surface area (Å²) in [5.41, 5.74) is 5.83. The van der Waals surface area contributed by atoms with E-state index in [2.05, 4.69) is 37.5 Å². The van der Waals surface area contributed by atoms with E-state index in [-0.39, 0.29) is 24.0 Å². The number of rotatable bonds is 2. The Bertz CT molecular complexity index is 2190. The molecule has 1 saturated heterocycles. The second-order valence-electron chi connectivity index (χ2n) is 11.9. The van der Waals surface area contributed by atoms with Crippen LogP contribution in [0, 0.1) is 0 Å². The van der Waals surface area contributed by atoms with Crippen molar-refractivity contribution in [3.8, 4) is 0 Å². The number of hydrogen-bond donors (Lipinski definition) is 1. The zero-order chi connectivity index (χ0) is 29.5. The van der Waals surface area contributed by atoms with Crippen LogP contribution < -0.4 is 10.2 Å². The quantitative estimate of drug-likeness (QED) is 0.272. The zero-order valence-electron chi connectivity index (χ0n) is 24.0. The van der Waals surface area contributed by atoms with Crippen LogP contribution in [0.1, 0.15) is 27.1 Å². The number of carbonyl (C=O) groups excluding carboxylic acids is 3. The first-order valence-electron chi connectivity index (χ1n) is 15.2. The van der Waals surface area contributed by atoms with Crippen LogP contribution in [0.5, 0.6) is 0 Å². The van der Waals surface area contributed by atoms with Gasteiger partial charge < -0.3 is 23.7 Å². The molecule has 6 aromatic rings. The van der Waals surface area contributed by atoms with Gasteiger partial charge in [-0.05, 0) is 24.3 Å². The van der Waals surface area contributed by atoms with Gasteiger partial charge in [0, 0.05) is 77.4 Å². The molecule has 0 aliphatic carbocycles. The lowest BCUT2D eigenvalue weighted by Crippen LogP contribution is -2.49. The Morgan fingerprint density at radius 2 is 1.25 bits per heavy atom. The van der Waals surface area contributed by atoms with Crippen LogP contribution in [-0.4, -0.2) is 64.2 Å². The molecule has 1 fully saturated rings. The molecule has 9 rings (SSSR count). The fourth-order valence-electron chi connectivity index (χ4n) is 7.63. The molecule has 44 heavy (non-hydrogen) atoms. The molecule has 3 amide bonds. The number of benzene rings is 4. The molecule has 3 aliphatic rings. The topological polar surface area (TPSA) is 88.8 Å². The number of ether oxygens (including phenoxy) is 1. The summed E-state index contributed by atoms with van der Waals surface area (Å²) >= 11 is 0. The highest BCUT2D eigenvalue weighted by Gasteiger charge is 2.38. The van der Waals surface area contributed by atoms with E-state index in [1.54, 1.807) is 0 Å². The minimum absolute atomic E-state index is 0.294. The maximum Gasteiger partial charge on any atom is 0.410 e. The van der Waals surface area contributed by atoms with Gasteiger partial charge in [0.15, 0.2) is 0 Å². The van der Waals surface area contributed by atoms with Crippen molar-refractivity contribution in [2.24, 2.45) is 0 Å². The highest BCUT2D eigenvalue weighted by Crippen LogP contribution is 2.45. The molecule has 0 spiro atoms. The van der Waals surface area contributed by atoms with Crippen molar-refractivity contribution in [2.75, 3.05) is 31.1 Å². The molecule has 0 saturated carbocycles. The second kappa shape index (κ2) is 9.34. The number of aromatic nitrogens is 2. The van der Waals surface area contributed by atoms with Crippen molar-refractivity contribution >= 4 is 67.2 Å². The van der Waals surface area contributed by atoms with Crippen molar-refractivity contribution in [3.63, 3.8) is 0 Å². The first-order chi connectivity index (χ1) is 21.6. The Kier molecular flexibility index (Phi) is 5.35. The van der Waals surface area contributed by atoms with Gasteiger partial charge in [0.2, 0.25) is 0 Å². The number of imide groups is 1. The normalized spacial score (nSPS) is 18.3. The molecule has 1 N–H and O–H groups in total. The van der Waals surface area contributed by atoms with Crippen LogP contribution >= 0.6 is 0 Å². The minimum atomic E-state index is -0.387. The lowest BCUT2D eigenvalue weighted by molar-refractivity contribution is 0.0487. The molecular formula is C35H29N5O4. The SMILES string of the molecule is O=C1NC(=O)c2c1c1c3ccccc3n3c1c1c2c2ccccc2n1CC(OC(=O)N1CCN(c2ccccc2)CC1)CC3. The molecule has 0 bridgehead atoms. The summed E-state index contributed by atoms with van der Waals surface area (Å²) < 4.78 is 10.7. The first kappa shape index (κ1) is 25.2. The summed E-state index contributed by atoms with van der Waals surface area (Å²) in [4.78, 5) is 44.3. The van der Waals surface area contributed by atoms with Gasteiger partial charge in [-0.15, -0.1) is 0 Å². The van der Waals surface area contributed by atoms with Gasteiger partial charge in [-0.2, -0.15) is 0 Å². The molecule has 0 radical (unpaired) electrons. The lowest BCUT2D eigenvalue weighted by Gasteiger charge is -2.36. The number of para-hydroxylation sites is 3. The molecule has 1 unspecified atom stereocenters. The summed E-state index contributed by atoms with van der Waals surface area (Å²) in [6, 6.07) is 26.3. The van der Waals surface area contributed by atoms with Crippen molar-refractivity contribution in [3.05, 3.63) is 90.0 Å². The van der Waals surface area contributed by atoms with Gasteiger partial charge in [0.05, 0.1) is 28.7 Å². The molecule has 1 atom stereocenters. The second-order valence-corrected chi connectivity index (χ2v) is 11.9. The molecule has 9 nitrogen and oxygen atoms in total. The van der Waals surface area contributed by atoms with E-state index in [0.717, 1.165) is 62.4 Å². The smallest absolute Gasteiger partial charge is 0.410 e. The van der Waals surface area contributed by atoms with Crippen LogP contribution in [0.25, 0.3) is 43.6 Å². The summed E-state index contributed by atoms with van der Waals surface area (Å²) in [7, 11) is 0. The third-order valence-corrected chi connectivity index (χ3v) is 9.58.